The lowest BCUT2D eigenvalue weighted by Crippen LogP contribution is -2.30. The number of alkyl halides is 3. The zero-order chi connectivity index (χ0) is 12.2. The smallest absolute Gasteiger partial charge is 0.309 e. The maximum Gasteiger partial charge on any atom is 0.390 e. The first kappa shape index (κ1) is 13.0. The Morgan fingerprint density at radius 1 is 1.50 bits per heavy atom. The molecule has 0 radical (unpaired) electrons. The predicted molar refractivity (Wildman–Crippen MR) is 56.0 cm³/mol. The number of hydrogen-bond donors (Lipinski definition) is 1. The fraction of sp³-hybridized carbons (Fsp3) is 0.500. The van der Waals surface area contributed by atoms with Gasteiger partial charge in [-0.05, 0) is 19.1 Å². The van der Waals surface area contributed by atoms with E-state index < -0.39 is 18.6 Å². The summed E-state index contributed by atoms with van der Waals surface area (Å²) in [5.41, 5.74) is 0. The van der Waals surface area contributed by atoms with Crippen LogP contribution in [0.15, 0.2) is 12.1 Å². The minimum absolute atomic E-state index is 0.365. The largest absolute Gasteiger partial charge is 0.390 e. The van der Waals surface area contributed by atoms with Gasteiger partial charge in [-0.2, -0.15) is 18.4 Å². The zero-order valence-electron chi connectivity index (χ0n) is 8.64. The summed E-state index contributed by atoms with van der Waals surface area (Å²) in [5, 5.41) is 11.3. The molecule has 1 aromatic heterocycles. The Hall–Kier alpha value is -1.06. The van der Waals surface area contributed by atoms with Gasteiger partial charge in [0, 0.05) is 17.5 Å². The molecule has 6 heteroatoms. The number of rotatable bonds is 4. The molecule has 0 aromatic carbocycles. The number of nitrogens with zero attached hydrogens (tertiary/aromatic N) is 1. The number of halogens is 3. The highest BCUT2D eigenvalue weighted by atomic mass is 32.1. The van der Waals surface area contributed by atoms with E-state index in [0.29, 0.717) is 11.4 Å². The van der Waals surface area contributed by atoms with Gasteiger partial charge in [0.1, 0.15) is 10.9 Å². The van der Waals surface area contributed by atoms with Gasteiger partial charge in [-0.3, -0.25) is 0 Å². The van der Waals surface area contributed by atoms with E-state index in [2.05, 4.69) is 5.32 Å². The van der Waals surface area contributed by atoms with Crippen LogP contribution in [-0.4, -0.2) is 12.2 Å². The van der Waals surface area contributed by atoms with E-state index in [0.717, 1.165) is 4.88 Å². The van der Waals surface area contributed by atoms with Gasteiger partial charge in [-0.15, -0.1) is 11.3 Å². The molecule has 1 heterocycles. The first-order valence-electron chi connectivity index (χ1n) is 4.69. The van der Waals surface area contributed by atoms with Crippen LogP contribution >= 0.6 is 11.3 Å². The molecule has 1 unspecified atom stereocenters. The summed E-state index contributed by atoms with van der Waals surface area (Å²) < 4.78 is 36.0. The molecular weight excluding hydrogens is 237 g/mol. The maximum absolute atomic E-state index is 12.0. The molecular formula is C10H11F3N2S. The minimum atomic E-state index is -4.14. The summed E-state index contributed by atoms with van der Waals surface area (Å²) in [6, 6.07) is 4.78. The molecule has 1 atom stereocenters. The van der Waals surface area contributed by atoms with Crippen LogP contribution in [0.2, 0.25) is 0 Å². The van der Waals surface area contributed by atoms with Crippen LogP contribution in [0.5, 0.6) is 0 Å². The second kappa shape index (κ2) is 5.32. The van der Waals surface area contributed by atoms with Gasteiger partial charge in [0.05, 0.1) is 6.42 Å². The molecule has 88 valence electrons. The van der Waals surface area contributed by atoms with Crippen molar-refractivity contribution in [3.63, 3.8) is 0 Å². The lowest BCUT2D eigenvalue weighted by molar-refractivity contribution is -0.139. The van der Waals surface area contributed by atoms with Crippen molar-refractivity contribution >= 4 is 11.3 Å². The Morgan fingerprint density at radius 3 is 2.69 bits per heavy atom. The van der Waals surface area contributed by atoms with E-state index in [1.165, 1.54) is 18.3 Å². The Balaban J connectivity index is 2.37. The van der Waals surface area contributed by atoms with E-state index in [9.17, 15) is 13.2 Å². The third-order valence-electron chi connectivity index (χ3n) is 1.93. The fourth-order valence-electron chi connectivity index (χ4n) is 1.23. The van der Waals surface area contributed by atoms with Crippen molar-refractivity contribution in [2.75, 3.05) is 0 Å². The number of nitriles is 1. The Morgan fingerprint density at radius 2 is 2.19 bits per heavy atom. The number of nitrogens with one attached hydrogen (secondary N) is 1. The normalized spacial score (nSPS) is 13.4. The SMILES string of the molecule is CC(CC(F)(F)F)NCc1ccc(C#N)s1. The van der Waals surface area contributed by atoms with Crippen LogP contribution in [0.4, 0.5) is 13.2 Å². The molecule has 1 N–H and O–H groups in total. The number of hydrogen-bond acceptors (Lipinski definition) is 3. The fourth-order valence-corrected chi connectivity index (χ4v) is 1.98. The first-order chi connectivity index (χ1) is 7.40. The quantitative estimate of drug-likeness (QED) is 0.889. The lowest BCUT2D eigenvalue weighted by atomic mass is 10.2. The summed E-state index contributed by atoms with van der Waals surface area (Å²) in [4.78, 5) is 1.44. The van der Waals surface area contributed by atoms with Crippen molar-refractivity contribution in [3.05, 3.63) is 21.9 Å². The molecule has 16 heavy (non-hydrogen) atoms. The van der Waals surface area contributed by atoms with Crippen molar-refractivity contribution in [1.29, 1.82) is 5.26 Å². The third-order valence-corrected chi connectivity index (χ3v) is 2.92. The maximum atomic E-state index is 12.0. The van der Waals surface area contributed by atoms with Gasteiger partial charge < -0.3 is 5.32 Å². The van der Waals surface area contributed by atoms with E-state index in [1.54, 1.807) is 12.1 Å². The summed E-state index contributed by atoms with van der Waals surface area (Å²) in [6.45, 7) is 1.86. The van der Waals surface area contributed by atoms with Crippen molar-refractivity contribution in [1.82, 2.24) is 5.32 Å². The first-order valence-corrected chi connectivity index (χ1v) is 5.51. The minimum Gasteiger partial charge on any atom is -0.309 e. The molecule has 0 aliphatic carbocycles. The predicted octanol–water partition coefficient (Wildman–Crippen LogP) is 3.05. The van der Waals surface area contributed by atoms with E-state index in [-0.39, 0.29) is 0 Å². The lowest BCUT2D eigenvalue weighted by Gasteiger charge is -2.14. The molecule has 0 saturated carbocycles. The average molecular weight is 248 g/mol. The highest BCUT2D eigenvalue weighted by Crippen LogP contribution is 2.22. The van der Waals surface area contributed by atoms with Crippen molar-refractivity contribution in [3.8, 4) is 6.07 Å². The van der Waals surface area contributed by atoms with Crippen molar-refractivity contribution in [2.45, 2.75) is 32.1 Å². The van der Waals surface area contributed by atoms with Gasteiger partial charge in [-0.1, -0.05) is 0 Å². The Labute approximate surface area is 95.7 Å². The topological polar surface area (TPSA) is 35.8 Å². The zero-order valence-corrected chi connectivity index (χ0v) is 9.45. The highest BCUT2D eigenvalue weighted by molar-refractivity contribution is 7.12. The average Bonchev–Trinajstić information content (AvgIpc) is 2.59. The Bertz CT molecular complexity index is 378. The molecule has 0 fully saturated rings. The van der Waals surface area contributed by atoms with Gasteiger partial charge in [0.2, 0.25) is 0 Å². The summed E-state index contributed by atoms with van der Waals surface area (Å²) in [6.07, 6.45) is -4.98. The highest BCUT2D eigenvalue weighted by Gasteiger charge is 2.29. The van der Waals surface area contributed by atoms with Crippen LogP contribution in [0.3, 0.4) is 0 Å². The molecule has 0 spiro atoms. The summed E-state index contributed by atoms with van der Waals surface area (Å²) >= 11 is 1.29. The molecule has 0 amide bonds. The van der Waals surface area contributed by atoms with E-state index in [4.69, 9.17) is 5.26 Å². The van der Waals surface area contributed by atoms with Gasteiger partial charge >= 0.3 is 6.18 Å². The molecule has 0 aliphatic rings. The molecule has 0 bridgehead atoms. The monoisotopic (exact) mass is 248 g/mol. The van der Waals surface area contributed by atoms with Crippen LogP contribution in [-0.2, 0) is 6.54 Å². The van der Waals surface area contributed by atoms with Crippen LogP contribution in [0, 0.1) is 11.3 Å². The number of thiophene rings is 1. The van der Waals surface area contributed by atoms with Crippen molar-refractivity contribution < 1.29 is 13.2 Å². The molecule has 0 saturated heterocycles. The summed E-state index contributed by atoms with van der Waals surface area (Å²) in [7, 11) is 0. The Kier molecular flexibility index (Phi) is 4.33. The third kappa shape index (κ3) is 4.64. The molecule has 2 nitrogen and oxygen atoms in total. The van der Waals surface area contributed by atoms with Gasteiger partial charge in [0.25, 0.3) is 0 Å². The second-order valence-corrected chi connectivity index (χ2v) is 4.65. The van der Waals surface area contributed by atoms with Crippen LogP contribution in [0.1, 0.15) is 23.1 Å². The summed E-state index contributed by atoms with van der Waals surface area (Å²) in [5.74, 6) is 0. The molecule has 1 rings (SSSR count). The van der Waals surface area contributed by atoms with Gasteiger partial charge in [-0.25, -0.2) is 0 Å². The van der Waals surface area contributed by atoms with Crippen molar-refractivity contribution in [2.24, 2.45) is 0 Å². The van der Waals surface area contributed by atoms with E-state index in [1.807, 2.05) is 6.07 Å². The van der Waals surface area contributed by atoms with Crippen LogP contribution in [0.25, 0.3) is 0 Å². The molecule has 0 aliphatic heterocycles. The standard InChI is InChI=1S/C10H11F3N2S/c1-7(4-10(11,12)13)15-6-9-3-2-8(5-14)16-9/h2-3,7,15H,4,6H2,1H3. The van der Waals surface area contributed by atoms with Crippen LogP contribution < -0.4 is 5.32 Å². The van der Waals surface area contributed by atoms with E-state index >= 15 is 0 Å². The second-order valence-electron chi connectivity index (χ2n) is 3.48. The van der Waals surface area contributed by atoms with Gasteiger partial charge in [0.15, 0.2) is 0 Å². The molecule has 1 aromatic rings.